The van der Waals surface area contributed by atoms with Crippen molar-refractivity contribution in [3.05, 3.63) is 71.6 Å². The SMILES string of the molecule is C[C@H](Cc1nncn1C)c1cccc(NC(=O)c2cc(C(=O)N3CCC(CO)C3)ccn2)c1. The lowest BCUT2D eigenvalue weighted by molar-refractivity contribution is 0.0781. The Hall–Kier alpha value is -3.59. The molecular formula is C24H28N6O3. The maximum absolute atomic E-state index is 12.8. The van der Waals surface area contributed by atoms with E-state index >= 15 is 0 Å². The standard InChI is InChI=1S/C24H28N6O3/c1-16(10-22-28-26-15-29(22)2)18-4-3-5-20(11-18)27-23(32)21-12-19(6-8-25-21)24(33)30-9-7-17(13-30)14-31/h3-6,8,11-12,15-17,31H,7,9-10,13-14H2,1-2H3,(H,27,32)/t16-,17?/m1/s1. The van der Waals surface area contributed by atoms with Gasteiger partial charge in [0.25, 0.3) is 11.8 Å². The monoisotopic (exact) mass is 448 g/mol. The van der Waals surface area contributed by atoms with Gasteiger partial charge < -0.3 is 19.9 Å². The summed E-state index contributed by atoms with van der Waals surface area (Å²) in [6.45, 7) is 3.31. The molecule has 9 nitrogen and oxygen atoms in total. The fourth-order valence-electron chi connectivity index (χ4n) is 4.04. The van der Waals surface area contributed by atoms with Gasteiger partial charge in [0.05, 0.1) is 0 Å². The molecule has 1 aliphatic heterocycles. The zero-order chi connectivity index (χ0) is 23.4. The number of aromatic nitrogens is 4. The first kappa shape index (κ1) is 22.6. The van der Waals surface area contributed by atoms with Crippen LogP contribution in [0.3, 0.4) is 0 Å². The Labute approximate surface area is 192 Å². The van der Waals surface area contributed by atoms with Gasteiger partial charge in [-0.3, -0.25) is 14.6 Å². The highest BCUT2D eigenvalue weighted by molar-refractivity contribution is 6.04. The number of likely N-dealkylation sites (tertiary alicyclic amines) is 1. The third-order valence-electron chi connectivity index (χ3n) is 6.08. The van der Waals surface area contributed by atoms with Crippen LogP contribution in [0.15, 0.2) is 48.9 Å². The highest BCUT2D eigenvalue weighted by Crippen LogP contribution is 2.23. The minimum absolute atomic E-state index is 0.0735. The van der Waals surface area contributed by atoms with Crippen molar-refractivity contribution < 1.29 is 14.7 Å². The number of nitrogens with one attached hydrogen (secondary N) is 1. The molecule has 33 heavy (non-hydrogen) atoms. The Morgan fingerprint density at radius 2 is 2.12 bits per heavy atom. The van der Waals surface area contributed by atoms with Crippen molar-refractivity contribution in [2.24, 2.45) is 13.0 Å². The van der Waals surface area contributed by atoms with Crippen molar-refractivity contribution in [1.29, 1.82) is 0 Å². The first-order valence-electron chi connectivity index (χ1n) is 11.0. The van der Waals surface area contributed by atoms with Gasteiger partial charge in [0, 0.05) is 56.5 Å². The fourth-order valence-corrected chi connectivity index (χ4v) is 4.04. The van der Waals surface area contributed by atoms with Crippen LogP contribution in [-0.4, -0.2) is 61.3 Å². The minimum atomic E-state index is -0.377. The summed E-state index contributed by atoms with van der Waals surface area (Å²) in [7, 11) is 1.92. The summed E-state index contributed by atoms with van der Waals surface area (Å²) in [6, 6.07) is 10.8. The lowest BCUT2D eigenvalue weighted by Crippen LogP contribution is -2.29. The summed E-state index contributed by atoms with van der Waals surface area (Å²) in [6.07, 6.45) is 4.67. The number of hydrogen-bond donors (Lipinski definition) is 2. The predicted octanol–water partition coefficient (Wildman–Crippen LogP) is 2.26. The van der Waals surface area contributed by atoms with Crippen LogP contribution in [0.4, 0.5) is 5.69 Å². The first-order valence-corrected chi connectivity index (χ1v) is 11.0. The van der Waals surface area contributed by atoms with Gasteiger partial charge in [-0.15, -0.1) is 10.2 Å². The molecule has 1 fully saturated rings. The molecule has 2 aromatic heterocycles. The van der Waals surface area contributed by atoms with Gasteiger partial charge in [-0.1, -0.05) is 19.1 Å². The highest BCUT2D eigenvalue weighted by Gasteiger charge is 2.27. The summed E-state index contributed by atoms with van der Waals surface area (Å²) in [5.74, 6) is 0.666. The van der Waals surface area contributed by atoms with E-state index in [9.17, 15) is 14.7 Å². The van der Waals surface area contributed by atoms with E-state index in [4.69, 9.17) is 0 Å². The fraction of sp³-hybridized carbons (Fsp3) is 0.375. The van der Waals surface area contributed by atoms with Gasteiger partial charge in [0.2, 0.25) is 0 Å². The topological polar surface area (TPSA) is 113 Å². The van der Waals surface area contributed by atoms with E-state index in [1.165, 1.54) is 12.3 Å². The number of carbonyl (C=O) groups is 2. The second-order valence-corrected chi connectivity index (χ2v) is 8.56. The number of hydrogen-bond acceptors (Lipinski definition) is 6. The number of nitrogens with zero attached hydrogens (tertiary/aromatic N) is 5. The number of amides is 2. The molecule has 1 saturated heterocycles. The number of carbonyl (C=O) groups excluding carboxylic acids is 2. The average molecular weight is 449 g/mol. The Morgan fingerprint density at radius 3 is 2.85 bits per heavy atom. The molecule has 9 heteroatoms. The van der Waals surface area contributed by atoms with Crippen LogP contribution in [0.1, 0.15) is 51.5 Å². The van der Waals surface area contributed by atoms with Gasteiger partial charge in [0.15, 0.2) is 0 Å². The minimum Gasteiger partial charge on any atom is -0.396 e. The number of anilines is 1. The van der Waals surface area contributed by atoms with E-state index in [2.05, 4.69) is 27.4 Å². The number of rotatable bonds is 7. The zero-order valence-electron chi connectivity index (χ0n) is 18.8. The lowest BCUT2D eigenvalue weighted by Gasteiger charge is -2.16. The number of pyridine rings is 1. The van der Waals surface area contributed by atoms with Gasteiger partial charge in [0.1, 0.15) is 17.8 Å². The van der Waals surface area contributed by atoms with E-state index in [0.717, 1.165) is 24.2 Å². The van der Waals surface area contributed by atoms with Gasteiger partial charge >= 0.3 is 0 Å². The van der Waals surface area contributed by atoms with Crippen LogP contribution in [0.2, 0.25) is 0 Å². The molecule has 2 N–H and O–H groups in total. The third-order valence-corrected chi connectivity index (χ3v) is 6.08. The van der Waals surface area contributed by atoms with Crippen LogP contribution in [0.5, 0.6) is 0 Å². The summed E-state index contributed by atoms with van der Waals surface area (Å²) in [5, 5.41) is 20.3. The molecule has 2 amide bonds. The van der Waals surface area contributed by atoms with Gasteiger partial charge in [-0.05, 0) is 42.2 Å². The molecule has 0 aliphatic carbocycles. The van der Waals surface area contributed by atoms with Crippen molar-refractivity contribution in [3.63, 3.8) is 0 Å². The summed E-state index contributed by atoms with van der Waals surface area (Å²) < 4.78 is 1.90. The van der Waals surface area contributed by atoms with Gasteiger partial charge in [-0.2, -0.15) is 0 Å². The smallest absolute Gasteiger partial charge is 0.274 e. The van der Waals surface area contributed by atoms with Crippen molar-refractivity contribution in [2.75, 3.05) is 25.0 Å². The molecular weight excluding hydrogens is 420 g/mol. The summed E-state index contributed by atoms with van der Waals surface area (Å²) >= 11 is 0. The molecule has 1 aliphatic rings. The highest BCUT2D eigenvalue weighted by atomic mass is 16.3. The molecule has 1 aromatic carbocycles. The Morgan fingerprint density at radius 1 is 1.27 bits per heavy atom. The van der Waals surface area contributed by atoms with E-state index in [-0.39, 0.29) is 36.0 Å². The van der Waals surface area contributed by atoms with Crippen molar-refractivity contribution in [3.8, 4) is 0 Å². The van der Waals surface area contributed by atoms with Crippen molar-refractivity contribution >= 4 is 17.5 Å². The second-order valence-electron chi connectivity index (χ2n) is 8.56. The van der Waals surface area contributed by atoms with E-state index in [1.807, 2.05) is 35.9 Å². The molecule has 172 valence electrons. The Kier molecular flexibility index (Phi) is 6.79. The van der Waals surface area contributed by atoms with E-state index in [0.29, 0.717) is 24.3 Å². The van der Waals surface area contributed by atoms with Crippen LogP contribution >= 0.6 is 0 Å². The van der Waals surface area contributed by atoms with Crippen molar-refractivity contribution in [1.82, 2.24) is 24.6 Å². The summed E-state index contributed by atoms with van der Waals surface area (Å²) in [5.41, 5.74) is 2.32. The summed E-state index contributed by atoms with van der Waals surface area (Å²) in [4.78, 5) is 31.5. The molecule has 3 aromatic rings. The molecule has 0 spiro atoms. The number of benzene rings is 1. The maximum atomic E-state index is 12.8. The van der Waals surface area contributed by atoms with Gasteiger partial charge in [-0.25, -0.2) is 0 Å². The molecule has 0 bridgehead atoms. The van der Waals surface area contributed by atoms with Crippen LogP contribution < -0.4 is 5.32 Å². The Balaban J connectivity index is 1.43. The third kappa shape index (κ3) is 5.25. The maximum Gasteiger partial charge on any atom is 0.274 e. The lowest BCUT2D eigenvalue weighted by atomic mass is 9.97. The molecule has 0 radical (unpaired) electrons. The van der Waals surface area contributed by atoms with E-state index in [1.54, 1.807) is 17.3 Å². The van der Waals surface area contributed by atoms with Crippen LogP contribution in [-0.2, 0) is 13.5 Å². The van der Waals surface area contributed by atoms with Crippen LogP contribution in [0.25, 0.3) is 0 Å². The normalized spacial score (nSPS) is 16.6. The molecule has 4 rings (SSSR count). The molecule has 3 heterocycles. The quantitative estimate of drug-likeness (QED) is 0.573. The Bertz CT molecular complexity index is 1140. The zero-order valence-corrected chi connectivity index (χ0v) is 18.8. The number of aryl methyl sites for hydroxylation is 1. The molecule has 2 atom stereocenters. The number of aliphatic hydroxyl groups excluding tert-OH is 1. The molecule has 1 unspecified atom stereocenters. The average Bonchev–Trinajstić information content (AvgIpc) is 3.48. The van der Waals surface area contributed by atoms with Crippen molar-refractivity contribution in [2.45, 2.75) is 25.7 Å². The predicted molar refractivity (Wildman–Crippen MR) is 123 cm³/mol. The van der Waals surface area contributed by atoms with E-state index < -0.39 is 0 Å². The number of aliphatic hydroxyl groups is 1. The second kappa shape index (κ2) is 9.91. The molecule has 0 saturated carbocycles. The largest absolute Gasteiger partial charge is 0.396 e. The first-order chi connectivity index (χ1) is 15.9. The van der Waals surface area contributed by atoms with Crippen LogP contribution in [0, 0.1) is 5.92 Å².